The molecule has 0 atom stereocenters. The molecule has 15 heavy (non-hydrogen) atoms. The van der Waals surface area contributed by atoms with E-state index in [1.165, 1.54) is 0 Å². The van der Waals surface area contributed by atoms with Crippen LogP contribution in [0.1, 0.15) is 11.4 Å². The molecule has 0 aliphatic rings. The van der Waals surface area contributed by atoms with E-state index in [1.807, 2.05) is 0 Å². The molecule has 0 spiro atoms. The van der Waals surface area contributed by atoms with Gasteiger partial charge in [0.15, 0.2) is 5.69 Å². The SMILES string of the molecule is CS(=O)(=O)NCCc1nonc1C(=N)N. The Morgan fingerprint density at radius 3 is 2.80 bits per heavy atom. The van der Waals surface area contributed by atoms with E-state index in [1.54, 1.807) is 0 Å². The average molecular weight is 233 g/mol. The van der Waals surface area contributed by atoms with E-state index >= 15 is 0 Å². The second-order valence-corrected chi connectivity index (χ2v) is 4.72. The number of nitrogens with zero attached hydrogens (tertiary/aromatic N) is 2. The number of hydrogen-bond donors (Lipinski definition) is 3. The zero-order valence-electron chi connectivity index (χ0n) is 8.02. The average Bonchev–Trinajstić information content (AvgIpc) is 2.49. The van der Waals surface area contributed by atoms with Crippen LogP contribution >= 0.6 is 0 Å². The molecule has 9 heteroatoms. The maximum absolute atomic E-state index is 10.7. The van der Waals surface area contributed by atoms with Gasteiger partial charge in [-0.3, -0.25) is 5.41 Å². The van der Waals surface area contributed by atoms with Crippen LogP contribution in [0.4, 0.5) is 0 Å². The first-order valence-electron chi connectivity index (χ1n) is 4.00. The fraction of sp³-hybridized carbons (Fsp3) is 0.500. The molecule has 0 radical (unpaired) electrons. The monoisotopic (exact) mass is 233 g/mol. The van der Waals surface area contributed by atoms with Crippen molar-refractivity contribution in [1.82, 2.24) is 15.0 Å². The minimum atomic E-state index is -3.22. The van der Waals surface area contributed by atoms with Gasteiger partial charge >= 0.3 is 0 Å². The summed E-state index contributed by atoms with van der Waals surface area (Å²) >= 11 is 0. The van der Waals surface area contributed by atoms with Crippen LogP contribution in [0, 0.1) is 5.41 Å². The molecule has 0 bridgehead atoms. The number of nitrogen functional groups attached to an aromatic ring is 1. The van der Waals surface area contributed by atoms with Crippen molar-refractivity contribution in [2.45, 2.75) is 6.42 Å². The molecule has 1 rings (SSSR count). The first kappa shape index (κ1) is 11.6. The molecule has 8 nitrogen and oxygen atoms in total. The summed E-state index contributed by atoms with van der Waals surface area (Å²) in [6.07, 6.45) is 1.32. The van der Waals surface area contributed by atoms with Gasteiger partial charge in [-0.05, 0) is 5.16 Å². The molecule has 1 aromatic rings. The van der Waals surface area contributed by atoms with Crippen LogP contribution in [-0.2, 0) is 16.4 Å². The van der Waals surface area contributed by atoms with Crippen molar-refractivity contribution in [3.8, 4) is 0 Å². The van der Waals surface area contributed by atoms with Crippen molar-refractivity contribution in [1.29, 1.82) is 5.41 Å². The van der Waals surface area contributed by atoms with E-state index in [4.69, 9.17) is 11.1 Å². The molecule has 1 aromatic heterocycles. The molecule has 1 heterocycles. The van der Waals surface area contributed by atoms with Gasteiger partial charge in [0, 0.05) is 13.0 Å². The molecule has 0 unspecified atom stereocenters. The summed E-state index contributed by atoms with van der Waals surface area (Å²) in [5, 5.41) is 14.1. The van der Waals surface area contributed by atoms with E-state index in [0.29, 0.717) is 5.69 Å². The lowest BCUT2D eigenvalue weighted by molar-refractivity contribution is 0.302. The molecule has 0 saturated heterocycles. The summed E-state index contributed by atoms with van der Waals surface area (Å²) < 4.78 is 28.2. The predicted octanol–water partition coefficient (Wildman–Crippen LogP) is -1.55. The second-order valence-electron chi connectivity index (χ2n) is 2.89. The van der Waals surface area contributed by atoms with Crippen LogP contribution in [-0.4, -0.2) is 37.4 Å². The number of aromatic nitrogens is 2. The van der Waals surface area contributed by atoms with E-state index in [2.05, 4.69) is 19.7 Å². The zero-order chi connectivity index (χ0) is 11.5. The highest BCUT2D eigenvalue weighted by molar-refractivity contribution is 7.88. The predicted molar refractivity (Wildman–Crippen MR) is 51.9 cm³/mol. The van der Waals surface area contributed by atoms with Crippen LogP contribution < -0.4 is 10.5 Å². The Labute approximate surface area is 86.4 Å². The summed E-state index contributed by atoms with van der Waals surface area (Å²) in [7, 11) is -3.22. The third kappa shape index (κ3) is 3.64. The maximum Gasteiger partial charge on any atom is 0.208 e. The van der Waals surface area contributed by atoms with Crippen LogP contribution in [0.5, 0.6) is 0 Å². The Balaban J connectivity index is 2.58. The molecule has 0 saturated carbocycles. The van der Waals surface area contributed by atoms with E-state index < -0.39 is 10.0 Å². The molecule has 0 aliphatic heterocycles. The number of nitrogens with one attached hydrogen (secondary N) is 2. The number of nitrogens with two attached hydrogens (primary N) is 1. The smallest absolute Gasteiger partial charge is 0.208 e. The highest BCUT2D eigenvalue weighted by Crippen LogP contribution is 2.01. The second kappa shape index (κ2) is 4.36. The Morgan fingerprint density at radius 1 is 1.60 bits per heavy atom. The van der Waals surface area contributed by atoms with Crippen molar-refractivity contribution in [3.05, 3.63) is 11.4 Å². The molecule has 0 fully saturated rings. The van der Waals surface area contributed by atoms with Crippen molar-refractivity contribution >= 4 is 15.9 Å². The molecule has 0 aliphatic carbocycles. The van der Waals surface area contributed by atoms with Crippen LogP contribution in [0.3, 0.4) is 0 Å². The highest BCUT2D eigenvalue weighted by atomic mass is 32.2. The van der Waals surface area contributed by atoms with Crippen molar-refractivity contribution < 1.29 is 13.0 Å². The lowest BCUT2D eigenvalue weighted by Crippen LogP contribution is -2.25. The first-order valence-corrected chi connectivity index (χ1v) is 5.90. The highest BCUT2D eigenvalue weighted by Gasteiger charge is 2.12. The minimum absolute atomic E-state index is 0.144. The zero-order valence-corrected chi connectivity index (χ0v) is 8.84. The van der Waals surface area contributed by atoms with E-state index in [9.17, 15) is 8.42 Å². The van der Waals surface area contributed by atoms with Crippen molar-refractivity contribution in [2.24, 2.45) is 5.73 Å². The lowest BCUT2D eigenvalue weighted by Gasteiger charge is -1.99. The Bertz CT molecular complexity index is 451. The lowest BCUT2D eigenvalue weighted by atomic mass is 10.2. The summed E-state index contributed by atoms with van der Waals surface area (Å²) in [4.78, 5) is 0. The number of rotatable bonds is 5. The Morgan fingerprint density at radius 2 is 2.27 bits per heavy atom. The largest absolute Gasteiger partial charge is 0.382 e. The quantitative estimate of drug-likeness (QED) is 0.416. The van der Waals surface area contributed by atoms with Crippen molar-refractivity contribution in [2.75, 3.05) is 12.8 Å². The van der Waals surface area contributed by atoms with Gasteiger partial charge in [0.1, 0.15) is 11.5 Å². The van der Waals surface area contributed by atoms with Gasteiger partial charge in [-0.25, -0.2) is 17.8 Å². The fourth-order valence-electron chi connectivity index (χ4n) is 0.930. The number of amidine groups is 1. The molecule has 4 N–H and O–H groups in total. The third-order valence-corrected chi connectivity index (χ3v) is 2.27. The summed E-state index contributed by atoms with van der Waals surface area (Å²) in [5.41, 5.74) is 5.70. The minimum Gasteiger partial charge on any atom is -0.382 e. The number of sulfonamides is 1. The van der Waals surface area contributed by atoms with Gasteiger partial charge in [0.2, 0.25) is 10.0 Å². The Kier molecular flexibility index (Phi) is 3.37. The molecule has 84 valence electrons. The van der Waals surface area contributed by atoms with Gasteiger partial charge in [-0.15, -0.1) is 0 Å². The van der Waals surface area contributed by atoms with Gasteiger partial charge in [-0.2, -0.15) is 0 Å². The van der Waals surface area contributed by atoms with Gasteiger partial charge in [0.05, 0.1) is 6.26 Å². The molecular weight excluding hydrogens is 222 g/mol. The van der Waals surface area contributed by atoms with Crippen LogP contribution in [0.15, 0.2) is 4.63 Å². The normalized spacial score (nSPS) is 11.5. The topological polar surface area (TPSA) is 135 Å². The first-order chi connectivity index (χ1) is 6.90. The molecule has 0 aromatic carbocycles. The van der Waals surface area contributed by atoms with Crippen LogP contribution in [0.25, 0.3) is 0 Å². The third-order valence-electron chi connectivity index (χ3n) is 1.54. The summed E-state index contributed by atoms with van der Waals surface area (Å²) in [6, 6.07) is 0. The molecular formula is C6H11N5O3S. The Hall–Kier alpha value is -1.48. The van der Waals surface area contributed by atoms with Crippen LogP contribution in [0.2, 0.25) is 0 Å². The van der Waals surface area contributed by atoms with E-state index in [0.717, 1.165) is 6.26 Å². The van der Waals surface area contributed by atoms with Crippen molar-refractivity contribution in [3.63, 3.8) is 0 Å². The van der Waals surface area contributed by atoms with Gasteiger partial charge in [-0.1, -0.05) is 5.16 Å². The maximum atomic E-state index is 10.7. The molecule has 0 amide bonds. The summed E-state index contributed by atoms with van der Waals surface area (Å²) in [5.74, 6) is -0.259. The van der Waals surface area contributed by atoms with Gasteiger partial charge in [0.25, 0.3) is 0 Å². The standard InChI is InChI=1S/C6H11N5O3S/c1-15(12,13)9-3-2-4-5(6(7)8)11-14-10-4/h9H,2-3H2,1H3,(H3,7,8). The van der Waals surface area contributed by atoms with Gasteiger partial charge < -0.3 is 5.73 Å². The van der Waals surface area contributed by atoms with E-state index in [-0.39, 0.29) is 24.5 Å². The fourth-order valence-corrected chi connectivity index (χ4v) is 1.40. The summed E-state index contributed by atoms with van der Waals surface area (Å²) in [6.45, 7) is 0.160. The number of hydrogen-bond acceptors (Lipinski definition) is 6.